The van der Waals surface area contributed by atoms with Crippen LogP contribution in [-0.2, 0) is 0 Å². The molecule has 0 aliphatic heterocycles. The molecule has 0 saturated carbocycles. The van der Waals surface area contributed by atoms with Crippen LogP contribution in [0.1, 0.15) is 10.5 Å². The molecule has 2 heterocycles. The molecular weight excluding hydrogens is 330 g/mol. The average molecular weight is 339 g/mol. The minimum absolute atomic E-state index is 0.0113. The molecule has 1 aromatic carbocycles. The van der Waals surface area contributed by atoms with Crippen LogP contribution in [0.25, 0.3) is 5.65 Å². The molecule has 3 aromatic rings. The number of anilines is 1. The standard InChI is InChI=1S/C15H9F4N3O2/c16-9-4-5-13-21-12(8-22(13)7-9)14(23)20-10-2-1-3-11(6-10)24-15(17,18)19/h1-8H,(H,20,23). The van der Waals surface area contributed by atoms with Gasteiger partial charge in [-0.1, -0.05) is 6.07 Å². The van der Waals surface area contributed by atoms with Crippen LogP contribution in [0.15, 0.2) is 48.8 Å². The van der Waals surface area contributed by atoms with Gasteiger partial charge in [0, 0.05) is 24.1 Å². The second-order valence-corrected chi connectivity index (χ2v) is 4.77. The Hall–Kier alpha value is -3.10. The first-order valence-corrected chi connectivity index (χ1v) is 6.61. The summed E-state index contributed by atoms with van der Waals surface area (Å²) in [6.07, 6.45) is -2.37. The highest BCUT2D eigenvalue weighted by molar-refractivity contribution is 6.03. The Balaban J connectivity index is 1.79. The van der Waals surface area contributed by atoms with Gasteiger partial charge in [-0.2, -0.15) is 0 Å². The highest BCUT2D eigenvalue weighted by atomic mass is 19.4. The van der Waals surface area contributed by atoms with Crippen LogP contribution >= 0.6 is 0 Å². The molecule has 0 aliphatic carbocycles. The molecule has 0 radical (unpaired) electrons. The summed E-state index contributed by atoms with van der Waals surface area (Å²) in [6, 6.07) is 7.43. The highest BCUT2D eigenvalue weighted by Crippen LogP contribution is 2.25. The fourth-order valence-electron chi connectivity index (χ4n) is 2.04. The summed E-state index contributed by atoms with van der Waals surface area (Å²) >= 11 is 0. The van der Waals surface area contributed by atoms with Crippen molar-refractivity contribution < 1.29 is 27.1 Å². The zero-order chi connectivity index (χ0) is 17.3. The molecule has 5 nitrogen and oxygen atoms in total. The van der Waals surface area contributed by atoms with E-state index in [-0.39, 0.29) is 11.4 Å². The number of aromatic nitrogens is 2. The SMILES string of the molecule is O=C(Nc1cccc(OC(F)(F)F)c1)c1cn2cc(F)ccc2n1. The topological polar surface area (TPSA) is 55.6 Å². The van der Waals surface area contributed by atoms with Gasteiger partial charge in [-0.15, -0.1) is 13.2 Å². The monoisotopic (exact) mass is 339 g/mol. The largest absolute Gasteiger partial charge is 0.573 e. The Morgan fingerprint density at radius 1 is 1.17 bits per heavy atom. The van der Waals surface area contributed by atoms with Crippen LogP contribution in [0.5, 0.6) is 5.75 Å². The van der Waals surface area contributed by atoms with Crippen LogP contribution in [0.4, 0.5) is 23.2 Å². The second-order valence-electron chi connectivity index (χ2n) is 4.77. The number of halogens is 4. The number of hydrogen-bond donors (Lipinski definition) is 1. The molecule has 1 amide bonds. The smallest absolute Gasteiger partial charge is 0.406 e. The molecule has 24 heavy (non-hydrogen) atoms. The maximum atomic E-state index is 13.1. The van der Waals surface area contributed by atoms with Crippen LogP contribution in [-0.4, -0.2) is 21.7 Å². The number of amides is 1. The van der Waals surface area contributed by atoms with Crippen molar-refractivity contribution in [1.82, 2.24) is 9.38 Å². The summed E-state index contributed by atoms with van der Waals surface area (Å²) in [7, 11) is 0. The number of carbonyl (C=O) groups excluding carboxylic acids is 1. The van der Waals surface area contributed by atoms with Gasteiger partial charge in [-0.05, 0) is 24.3 Å². The zero-order valence-electron chi connectivity index (χ0n) is 11.8. The van der Waals surface area contributed by atoms with E-state index < -0.39 is 23.8 Å². The lowest BCUT2D eigenvalue weighted by Gasteiger charge is -2.10. The molecule has 9 heteroatoms. The number of benzene rings is 1. The van der Waals surface area contributed by atoms with Crippen LogP contribution in [0, 0.1) is 5.82 Å². The molecule has 0 fully saturated rings. The third-order valence-corrected chi connectivity index (χ3v) is 2.97. The number of hydrogen-bond acceptors (Lipinski definition) is 3. The van der Waals surface area contributed by atoms with Gasteiger partial charge in [-0.3, -0.25) is 4.79 Å². The molecule has 0 saturated heterocycles. The van der Waals surface area contributed by atoms with Crippen molar-refractivity contribution in [2.24, 2.45) is 0 Å². The molecule has 0 atom stereocenters. The summed E-state index contributed by atoms with van der Waals surface area (Å²) in [5, 5.41) is 2.40. The lowest BCUT2D eigenvalue weighted by molar-refractivity contribution is -0.274. The summed E-state index contributed by atoms with van der Waals surface area (Å²) in [6.45, 7) is 0. The fraction of sp³-hybridized carbons (Fsp3) is 0.0667. The van der Waals surface area contributed by atoms with Crippen LogP contribution < -0.4 is 10.1 Å². The third-order valence-electron chi connectivity index (χ3n) is 2.97. The summed E-state index contributed by atoms with van der Waals surface area (Å²) in [4.78, 5) is 16.1. The van der Waals surface area contributed by atoms with E-state index in [9.17, 15) is 22.4 Å². The maximum absolute atomic E-state index is 13.1. The van der Waals surface area contributed by atoms with Crippen LogP contribution in [0.2, 0.25) is 0 Å². The van der Waals surface area contributed by atoms with E-state index in [2.05, 4.69) is 15.0 Å². The first-order chi connectivity index (χ1) is 11.3. The minimum Gasteiger partial charge on any atom is -0.406 e. The number of fused-ring (bicyclic) bond motifs is 1. The number of nitrogens with zero attached hydrogens (tertiary/aromatic N) is 2. The van der Waals surface area contributed by atoms with Gasteiger partial charge in [-0.25, -0.2) is 9.37 Å². The zero-order valence-corrected chi connectivity index (χ0v) is 11.8. The van der Waals surface area contributed by atoms with E-state index in [4.69, 9.17) is 0 Å². The summed E-state index contributed by atoms with van der Waals surface area (Å²) in [5.41, 5.74) is 0.448. The maximum Gasteiger partial charge on any atom is 0.573 e. The van der Waals surface area contributed by atoms with Gasteiger partial charge in [0.05, 0.1) is 0 Å². The van der Waals surface area contributed by atoms with Gasteiger partial charge in [0.1, 0.15) is 22.9 Å². The molecule has 1 N–H and O–H groups in total. The van der Waals surface area contributed by atoms with Crippen molar-refractivity contribution in [1.29, 1.82) is 0 Å². The first kappa shape index (κ1) is 15.8. The van der Waals surface area contributed by atoms with Crippen molar-refractivity contribution in [3.63, 3.8) is 0 Å². The van der Waals surface area contributed by atoms with Crippen molar-refractivity contribution in [3.05, 3.63) is 60.3 Å². The van der Waals surface area contributed by atoms with Gasteiger partial charge in [0.15, 0.2) is 0 Å². The number of carbonyl (C=O) groups is 1. The fourth-order valence-corrected chi connectivity index (χ4v) is 2.04. The number of rotatable bonds is 3. The van der Waals surface area contributed by atoms with E-state index in [1.807, 2.05) is 0 Å². The Labute approximate surface area is 132 Å². The highest BCUT2D eigenvalue weighted by Gasteiger charge is 2.31. The van der Waals surface area contributed by atoms with E-state index in [0.717, 1.165) is 18.3 Å². The molecular formula is C15H9F4N3O2. The summed E-state index contributed by atoms with van der Waals surface area (Å²) < 4.78 is 54.8. The van der Waals surface area contributed by atoms with Crippen molar-refractivity contribution in [3.8, 4) is 5.75 Å². The van der Waals surface area contributed by atoms with E-state index in [1.54, 1.807) is 0 Å². The van der Waals surface area contributed by atoms with Gasteiger partial charge >= 0.3 is 6.36 Å². The Kier molecular flexibility index (Phi) is 3.84. The van der Waals surface area contributed by atoms with Gasteiger partial charge in [0.2, 0.25) is 0 Å². The molecule has 2 aromatic heterocycles. The molecule has 3 rings (SSSR count). The predicted molar refractivity (Wildman–Crippen MR) is 76.2 cm³/mol. The molecule has 0 unspecified atom stereocenters. The Bertz CT molecular complexity index is 905. The number of alkyl halides is 3. The lowest BCUT2D eigenvalue weighted by Crippen LogP contribution is -2.17. The van der Waals surface area contributed by atoms with Crippen LogP contribution in [0.3, 0.4) is 0 Å². The quantitative estimate of drug-likeness (QED) is 0.742. The molecule has 0 spiro atoms. The minimum atomic E-state index is -4.83. The number of ether oxygens (including phenoxy) is 1. The Morgan fingerprint density at radius 3 is 2.71 bits per heavy atom. The van der Waals surface area contributed by atoms with Crippen molar-refractivity contribution in [2.45, 2.75) is 6.36 Å². The van der Waals surface area contributed by atoms with Crippen molar-refractivity contribution >= 4 is 17.2 Å². The van der Waals surface area contributed by atoms with Gasteiger partial charge in [0.25, 0.3) is 5.91 Å². The Morgan fingerprint density at radius 2 is 1.96 bits per heavy atom. The normalized spacial score (nSPS) is 11.5. The van der Waals surface area contributed by atoms with E-state index >= 15 is 0 Å². The van der Waals surface area contributed by atoms with Crippen molar-refractivity contribution in [2.75, 3.05) is 5.32 Å². The molecule has 0 bridgehead atoms. The number of imidazole rings is 1. The van der Waals surface area contributed by atoms with Gasteiger partial charge < -0.3 is 14.5 Å². The van der Waals surface area contributed by atoms with E-state index in [1.165, 1.54) is 34.9 Å². The van der Waals surface area contributed by atoms with E-state index in [0.29, 0.717) is 5.65 Å². The molecule has 124 valence electrons. The average Bonchev–Trinajstić information content (AvgIpc) is 2.89. The summed E-state index contributed by atoms with van der Waals surface area (Å²) in [5.74, 6) is -1.61. The second kappa shape index (κ2) is 5.84. The lowest BCUT2D eigenvalue weighted by atomic mass is 10.3. The number of nitrogens with one attached hydrogen (secondary N) is 1. The first-order valence-electron chi connectivity index (χ1n) is 6.61. The molecule has 0 aliphatic rings. The third kappa shape index (κ3) is 3.62. The number of pyridine rings is 1. The predicted octanol–water partition coefficient (Wildman–Crippen LogP) is 3.62.